The van der Waals surface area contributed by atoms with Crippen LogP contribution in [-0.2, 0) is 5.41 Å². The lowest BCUT2D eigenvalue weighted by atomic mass is 9.64. The molecule has 1 heterocycles. The number of methoxy groups -OCH3 is 1. The molecule has 1 saturated carbocycles. The molecule has 1 saturated heterocycles. The fraction of sp³-hybridized carbons (Fsp3) is 0.611. The SMILES string of the molecule is COc1cccc([C@@]23CCCC[C@H]2NC[C+](C)CC3)c1.[Br-]. The zero-order valence-corrected chi connectivity index (χ0v) is 14.7. The lowest BCUT2D eigenvalue weighted by molar-refractivity contribution is -0.00000459. The standard InChI is InChI=1S/C18H26NO.BrH/c1-14-9-11-18(10-4-3-8-17(18)19-13-14)15-6-5-7-16(12-15)20-2;/h5-7,12,17,19H,3-4,8-11,13H2,1-2H3;1H/q+1;/p-1/t17-,18+;/m1./s1. The topological polar surface area (TPSA) is 21.3 Å². The molecule has 2 atom stereocenters. The molecule has 0 unspecified atom stereocenters. The van der Waals surface area contributed by atoms with Gasteiger partial charge in [-0.05, 0) is 37.0 Å². The first-order valence-electron chi connectivity index (χ1n) is 7.94. The molecular formula is C18H26BrNO. The fourth-order valence-electron chi connectivity index (χ4n) is 4.08. The van der Waals surface area contributed by atoms with Gasteiger partial charge in [-0.2, -0.15) is 0 Å². The summed E-state index contributed by atoms with van der Waals surface area (Å²) in [6.45, 7) is 3.39. The first-order chi connectivity index (χ1) is 9.74. The van der Waals surface area contributed by atoms with E-state index >= 15 is 0 Å². The van der Waals surface area contributed by atoms with E-state index in [-0.39, 0.29) is 17.0 Å². The molecule has 1 aliphatic heterocycles. The molecule has 3 rings (SSSR count). The first-order valence-corrected chi connectivity index (χ1v) is 7.94. The van der Waals surface area contributed by atoms with Crippen LogP contribution < -0.4 is 27.0 Å². The van der Waals surface area contributed by atoms with Crippen molar-refractivity contribution in [3.8, 4) is 5.75 Å². The highest BCUT2D eigenvalue weighted by Crippen LogP contribution is 2.46. The number of fused-ring (bicyclic) bond motifs is 1. The van der Waals surface area contributed by atoms with Crippen LogP contribution in [0.5, 0.6) is 5.75 Å². The Bertz CT molecular complexity index is 464. The molecule has 2 nitrogen and oxygen atoms in total. The summed E-state index contributed by atoms with van der Waals surface area (Å²) in [5, 5.41) is 3.83. The Morgan fingerprint density at radius 1 is 1.29 bits per heavy atom. The first kappa shape index (κ1) is 16.7. The number of hydrogen-bond donors (Lipinski definition) is 1. The minimum Gasteiger partial charge on any atom is -1.00 e. The van der Waals surface area contributed by atoms with Crippen molar-refractivity contribution in [2.75, 3.05) is 13.7 Å². The van der Waals surface area contributed by atoms with Crippen LogP contribution in [0.2, 0.25) is 0 Å². The van der Waals surface area contributed by atoms with Crippen molar-refractivity contribution >= 4 is 0 Å². The Balaban J connectivity index is 0.00000161. The molecule has 2 aliphatic rings. The van der Waals surface area contributed by atoms with Gasteiger partial charge in [0.2, 0.25) is 0 Å². The summed E-state index contributed by atoms with van der Waals surface area (Å²) in [5.74, 6) is 2.59. The molecule has 21 heavy (non-hydrogen) atoms. The Morgan fingerprint density at radius 2 is 2.14 bits per heavy atom. The highest BCUT2D eigenvalue weighted by atomic mass is 79.9. The van der Waals surface area contributed by atoms with Crippen molar-refractivity contribution in [1.29, 1.82) is 0 Å². The van der Waals surface area contributed by atoms with Crippen molar-refractivity contribution in [2.24, 2.45) is 0 Å². The van der Waals surface area contributed by atoms with Crippen molar-refractivity contribution in [2.45, 2.75) is 56.9 Å². The maximum Gasteiger partial charge on any atom is 0.141 e. The monoisotopic (exact) mass is 351 g/mol. The van der Waals surface area contributed by atoms with Crippen LogP contribution in [0, 0.1) is 5.92 Å². The van der Waals surface area contributed by atoms with E-state index in [0.717, 1.165) is 12.3 Å². The molecule has 0 radical (unpaired) electrons. The fourth-order valence-corrected chi connectivity index (χ4v) is 4.08. The van der Waals surface area contributed by atoms with E-state index in [1.165, 1.54) is 44.1 Å². The van der Waals surface area contributed by atoms with E-state index < -0.39 is 0 Å². The predicted octanol–water partition coefficient (Wildman–Crippen LogP) is 0.857. The second kappa shape index (κ2) is 7.06. The number of nitrogens with one attached hydrogen (secondary N) is 1. The van der Waals surface area contributed by atoms with Crippen LogP contribution >= 0.6 is 0 Å². The van der Waals surface area contributed by atoms with E-state index in [2.05, 4.69) is 36.5 Å². The van der Waals surface area contributed by atoms with Gasteiger partial charge in [-0.1, -0.05) is 25.0 Å². The smallest absolute Gasteiger partial charge is 0.141 e. The number of benzene rings is 1. The Hall–Kier alpha value is -0.670. The van der Waals surface area contributed by atoms with E-state index in [4.69, 9.17) is 4.74 Å². The van der Waals surface area contributed by atoms with Gasteiger partial charge in [0.15, 0.2) is 0 Å². The van der Waals surface area contributed by atoms with Gasteiger partial charge in [-0.25, -0.2) is 0 Å². The zero-order valence-electron chi connectivity index (χ0n) is 13.1. The molecule has 2 fully saturated rings. The van der Waals surface area contributed by atoms with Crippen LogP contribution in [0.3, 0.4) is 0 Å². The number of ether oxygens (including phenoxy) is 1. The highest BCUT2D eigenvalue weighted by Gasteiger charge is 2.45. The maximum absolute atomic E-state index is 5.45. The molecular weight excluding hydrogens is 326 g/mol. The minimum absolute atomic E-state index is 0. The third kappa shape index (κ3) is 3.24. The van der Waals surface area contributed by atoms with Gasteiger partial charge < -0.3 is 21.7 Å². The Labute approximate surface area is 139 Å². The Morgan fingerprint density at radius 3 is 2.95 bits per heavy atom. The van der Waals surface area contributed by atoms with E-state index in [9.17, 15) is 0 Å². The van der Waals surface area contributed by atoms with Gasteiger partial charge in [0, 0.05) is 11.5 Å². The quantitative estimate of drug-likeness (QED) is 0.798. The molecule has 0 spiro atoms. The summed E-state index contributed by atoms with van der Waals surface area (Å²) in [4.78, 5) is 0. The molecule has 0 amide bonds. The molecule has 1 N–H and O–H groups in total. The van der Waals surface area contributed by atoms with Crippen LogP contribution in [0.25, 0.3) is 0 Å². The van der Waals surface area contributed by atoms with Gasteiger partial charge in [0.05, 0.1) is 20.5 Å². The number of hydrogen-bond acceptors (Lipinski definition) is 2. The Kier molecular flexibility index (Phi) is 5.61. The van der Waals surface area contributed by atoms with Gasteiger partial charge in [-0.15, -0.1) is 0 Å². The third-order valence-electron chi connectivity index (χ3n) is 5.33. The van der Waals surface area contributed by atoms with Gasteiger partial charge in [0.25, 0.3) is 0 Å². The molecule has 1 aromatic rings. The second-order valence-corrected chi connectivity index (χ2v) is 6.52. The molecule has 0 bridgehead atoms. The van der Waals surface area contributed by atoms with Crippen molar-refractivity contribution in [1.82, 2.24) is 5.32 Å². The highest BCUT2D eigenvalue weighted by molar-refractivity contribution is 5.36. The zero-order chi connectivity index (χ0) is 14.0. The lowest BCUT2D eigenvalue weighted by Crippen LogP contribution is -3.00. The second-order valence-electron chi connectivity index (χ2n) is 6.52. The summed E-state index contributed by atoms with van der Waals surface area (Å²) >= 11 is 0. The summed E-state index contributed by atoms with van der Waals surface area (Å²) in [6, 6.07) is 9.40. The van der Waals surface area contributed by atoms with Gasteiger partial charge in [0.1, 0.15) is 18.2 Å². The summed E-state index contributed by atoms with van der Waals surface area (Å²) in [6.07, 6.45) is 7.87. The van der Waals surface area contributed by atoms with Gasteiger partial charge in [-0.3, -0.25) is 5.32 Å². The largest absolute Gasteiger partial charge is 1.00 e. The third-order valence-corrected chi connectivity index (χ3v) is 5.33. The molecule has 3 heteroatoms. The van der Waals surface area contributed by atoms with Crippen molar-refractivity contribution in [3.63, 3.8) is 0 Å². The molecule has 1 aliphatic carbocycles. The lowest BCUT2D eigenvalue weighted by Gasteiger charge is -2.43. The van der Waals surface area contributed by atoms with Gasteiger partial charge >= 0.3 is 0 Å². The van der Waals surface area contributed by atoms with E-state index in [0.29, 0.717) is 11.5 Å². The van der Waals surface area contributed by atoms with Crippen LogP contribution in [0.1, 0.15) is 51.0 Å². The summed E-state index contributed by atoms with van der Waals surface area (Å²) in [5.41, 5.74) is 1.79. The van der Waals surface area contributed by atoms with E-state index in [1.807, 2.05) is 0 Å². The number of halogens is 1. The predicted molar refractivity (Wildman–Crippen MR) is 83.1 cm³/mol. The average Bonchev–Trinajstić information content (AvgIpc) is 2.68. The molecule has 0 aromatic heterocycles. The van der Waals surface area contributed by atoms with Crippen LogP contribution in [0.15, 0.2) is 24.3 Å². The summed E-state index contributed by atoms with van der Waals surface area (Å²) in [7, 11) is 1.76. The summed E-state index contributed by atoms with van der Waals surface area (Å²) < 4.78 is 5.45. The van der Waals surface area contributed by atoms with Crippen LogP contribution in [0.4, 0.5) is 0 Å². The number of rotatable bonds is 2. The van der Waals surface area contributed by atoms with E-state index in [1.54, 1.807) is 13.0 Å². The minimum atomic E-state index is 0. The van der Waals surface area contributed by atoms with Crippen molar-refractivity contribution in [3.05, 3.63) is 35.7 Å². The average molecular weight is 352 g/mol. The normalized spacial score (nSPS) is 29.0. The molecule has 116 valence electrons. The maximum atomic E-state index is 5.45. The van der Waals surface area contributed by atoms with Crippen LogP contribution in [-0.4, -0.2) is 19.7 Å². The molecule has 1 aromatic carbocycles. The van der Waals surface area contributed by atoms with Crippen molar-refractivity contribution < 1.29 is 21.7 Å².